The van der Waals surface area contributed by atoms with Crippen molar-refractivity contribution in [3.05, 3.63) is 34.3 Å². The molecule has 0 unspecified atom stereocenters. The molecular formula is C13H16N2O3. The Bertz CT molecular complexity index is 637. The first-order chi connectivity index (χ1) is 8.49. The highest BCUT2D eigenvalue weighted by Crippen LogP contribution is 2.14. The van der Waals surface area contributed by atoms with E-state index in [1.54, 1.807) is 25.2 Å². The number of fused-ring (bicyclic) bond motifs is 1. The number of hydrogen-bond donors (Lipinski definition) is 1. The molecule has 0 amide bonds. The summed E-state index contributed by atoms with van der Waals surface area (Å²) in [6.07, 6.45) is 0. The first-order valence-corrected chi connectivity index (χ1v) is 5.85. The molecule has 2 aromatic rings. The molecule has 0 aliphatic carbocycles. The van der Waals surface area contributed by atoms with Gasteiger partial charge < -0.3 is 9.73 Å². The number of benzene rings is 1. The SMILES string of the molecule is CC(C)NCC(=O)c1ccc2c(c1)oc(=O)n2C. The van der Waals surface area contributed by atoms with E-state index in [0.717, 1.165) is 0 Å². The van der Waals surface area contributed by atoms with Crippen LogP contribution in [0, 0.1) is 0 Å². The van der Waals surface area contributed by atoms with Crippen molar-refractivity contribution >= 4 is 16.9 Å². The number of rotatable bonds is 4. The second-order valence-electron chi connectivity index (χ2n) is 4.57. The van der Waals surface area contributed by atoms with E-state index in [2.05, 4.69) is 5.32 Å². The minimum atomic E-state index is -0.421. The van der Waals surface area contributed by atoms with E-state index in [4.69, 9.17) is 4.42 Å². The van der Waals surface area contributed by atoms with Crippen molar-refractivity contribution in [2.75, 3.05) is 6.54 Å². The first kappa shape index (κ1) is 12.6. The van der Waals surface area contributed by atoms with Crippen LogP contribution < -0.4 is 11.1 Å². The van der Waals surface area contributed by atoms with Gasteiger partial charge in [-0.25, -0.2) is 4.79 Å². The van der Waals surface area contributed by atoms with Gasteiger partial charge in [0.2, 0.25) is 0 Å². The Hall–Kier alpha value is -1.88. The third-order valence-corrected chi connectivity index (χ3v) is 2.79. The molecule has 0 aliphatic rings. The summed E-state index contributed by atoms with van der Waals surface area (Å²) in [5.74, 6) is -0.438. The van der Waals surface area contributed by atoms with Crippen LogP contribution >= 0.6 is 0 Å². The normalized spacial score (nSPS) is 11.3. The molecule has 0 radical (unpaired) electrons. The number of carbonyl (C=O) groups is 1. The second kappa shape index (κ2) is 4.78. The summed E-state index contributed by atoms with van der Waals surface area (Å²) in [6, 6.07) is 5.30. The highest BCUT2D eigenvalue weighted by molar-refractivity contribution is 5.99. The molecule has 2 rings (SSSR count). The highest BCUT2D eigenvalue weighted by Gasteiger charge is 2.11. The minimum absolute atomic E-state index is 0.0166. The van der Waals surface area contributed by atoms with Crippen molar-refractivity contribution < 1.29 is 9.21 Å². The quantitative estimate of drug-likeness (QED) is 0.829. The van der Waals surface area contributed by atoms with E-state index >= 15 is 0 Å². The predicted molar refractivity (Wildman–Crippen MR) is 68.9 cm³/mol. The van der Waals surface area contributed by atoms with Crippen molar-refractivity contribution in [1.29, 1.82) is 0 Å². The number of nitrogens with one attached hydrogen (secondary N) is 1. The minimum Gasteiger partial charge on any atom is -0.408 e. The standard InChI is InChI=1S/C13H16N2O3/c1-8(2)14-7-11(16)9-4-5-10-12(6-9)18-13(17)15(10)3/h4-6,8,14H,7H2,1-3H3. The lowest BCUT2D eigenvalue weighted by molar-refractivity contribution is 0.0988. The maximum Gasteiger partial charge on any atom is 0.419 e. The van der Waals surface area contributed by atoms with E-state index in [9.17, 15) is 9.59 Å². The monoisotopic (exact) mass is 248 g/mol. The van der Waals surface area contributed by atoms with Gasteiger partial charge in [0.25, 0.3) is 0 Å². The first-order valence-electron chi connectivity index (χ1n) is 5.85. The number of oxazole rings is 1. The molecule has 5 heteroatoms. The van der Waals surface area contributed by atoms with Crippen LogP contribution in [-0.4, -0.2) is 22.9 Å². The van der Waals surface area contributed by atoms with Crippen molar-refractivity contribution in [3.63, 3.8) is 0 Å². The van der Waals surface area contributed by atoms with Gasteiger partial charge >= 0.3 is 5.76 Å². The van der Waals surface area contributed by atoms with Crippen molar-refractivity contribution in [1.82, 2.24) is 9.88 Å². The summed E-state index contributed by atoms with van der Waals surface area (Å²) in [5.41, 5.74) is 1.68. The zero-order valence-electron chi connectivity index (χ0n) is 10.7. The molecule has 5 nitrogen and oxygen atoms in total. The van der Waals surface area contributed by atoms with E-state index in [0.29, 0.717) is 16.7 Å². The van der Waals surface area contributed by atoms with Crippen LogP contribution in [0.4, 0.5) is 0 Å². The summed E-state index contributed by atoms with van der Waals surface area (Å²) in [7, 11) is 1.63. The zero-order chi connectivity index (χ0) is 13.3. The van der Waals surface area contributed by atoms with Crippen LogP contribution in [0.1, 0.15) is 24.2 Å². The Morgan fingerprint density at radius 1 is 1.44 bits per heavy atom. The highest BCUT2D eigenvalue weighted by atomic mass is 16.4. The molecule has 1 N–H and O–H groups in total. The molecule has 0 fully saturated rings. The number of aryl methyl sites for hydroxylation is 1. The zero-order valence-corrected chi connectivity index (χ0v) is 10.7. The number of ketones is 1. The number of nitrogens with zero attached hydrogens (tertiary/aromatic N) is 1. The topological polar surface area (TPSA) is 64.2 Å². The van der Waals surface area contributed by atoms with Crippen LogP contribution in [0.2, 0.25) is 0 Å². The van der Waals surface area contributed by atoms with Crippen molar-refractivity contribution in [2.45, 2.75) is 19.9 Å². The van der Waals surface area contributed by atoms with Crippen LogP contribution in [0.25, 0.3) is 11.1 Å². The Labute approximate surface area is 104 Å². The van der Waals surface area contributed by atoms with E-state index in [-0.39, 0.29) is 18.4 Å². The molecule has 0 atom stereocenters. The van der Waals surface area contributed by atoms with Crippen molar-refractivity contribution in [2.24, 2.45) is 7.05 Å². The molecule has 1 heterocycles. The summed E-state index contributed by atoms with van der Waals surface area (Å²) in [4.78, 5) is 23.2. The van der Waals surface area contributed by atoms with E-state index < -0.39 is 5.76 Å². The van der Waals surface area contributed by atoms with Gasteiger partial charge in [-0.2, -0.15) is 0 Å². The Balaban J connectivity index is 2.30. The molecule has 0 saturated carbocycles. The van der Waals surface area contributed by atoms with E-state index in [1.165, 1.54) is 4.57 Å². The maximum atomic E-state index is 11.9. The average Bonchev–Trinajstić information content (AvgIpc) is 2.61. The van der Waals surface area contributed by atoms with Crippen LogP contribution in [-0.2, 0) is 7.05 Å². The van der Waals surface area contributed by atoms with Crippen molar-refractivity contribution in [3.8, 4) is 0 Å². The summed E-state index contributed by atoms with van der Waals surface area (Å²) in [5, 5.41) is 3.06. The van der Waals surface area contributed by atoms with Gasteiger partial charge in [-0.05, 0) is 18.2 Å². The summed E-state index contributed by atoms with van der Waals surface area (Å²) in [6.45, 7) is 4.24. The molecule has 0 spiro atoms. The molecule has 0 aliphatic heterocycles. The summed E-state index contributed by atoms with van der Waals surface area (Å²) >= 11 is 0. The predicted octanol–water partition coefficient (Wildman–Crippen LogP) is 1.31. The average molecular weight is 248 g/mol. The number of aromatic nitrogens is 1. The molecule has 96 valence electrons. The fourth-order valence-corrected chi connectivity index (χ4v) is 1.71. The van der Waals surface area contributed by atoms with Gasteiger partial charge in [0.05, 0.1) is 12.1 Å². The number of Topliss-reactive ketones (excluding diaryl/α,β-unsaturated/α-hetero) is 1. The molecule has 18 heavy (non-hydrogen) atoms. The van der Waals surface area contributed by atoms with Gasteiger partial charge in [-0.15, -0.1) is 0 Å². The van der Waals surface area contributed by atoms with Gasteiger partial charge in [0, 0.05) is 18.7 Å². The number of carbonyl (C=O) groups excluding carboxylic acids is 1. The third kappa shape index (κ3) is 2.36. The fraction of sp³-hybridized carbons (Fsp3) is 0.385. The van der Waals surface area contributed by atoms with Gasteiger partial charge in [0.15, 0.2) is 11.4 Å². The summed E-state index contributed by atoms with van der Waals surface area (Å²) < 4.78 is 6.46. The van der Waals surface area contributed by atoms with E-state index in [1.807, 2.05) is 13.8 Å². The van der Waals surface area contributed by atoms with Crippen LogP contribution in [0.15, 0.2) is 27.4 Å². The molecule has 0 bridgehead atoms. The maximum absolute atomic E-state index is 11.9. The van der Waals surface area contributed by atoms with Gasteiger partial charge in [-0.3, -0.25) is 9.36 Å². The lowest BCUT2D eigenvalue weighted by Gasteiger charge is -2.06. The Morgan fingerprint density at radius 3 is 2.83 bits per heavy atom. The van der Waals surface area contributed by atoms with Gasteiger partial charge in [0.1, 0.15) is 0 Å². The lowest BCUT2D eigenvalue weighted by Crippen LogP contribution is -2.29. The van der Waals surface area contributed by atoms with Crippen LogP contribution in [0.3, 0.4) is 0 Å². The molecule has 1 aromatic carbocycles. The molecular weight excluding hydrogens is 232 g/mol. The fourth-order valence-electron chi connectivity index (χ4n) is 1.71. The Morgan fingerprint density at radius 2 is 2.17 bits per heavy atom. The van der Waals surface area contributed by atoms with Gasteiger partial charge in [-0.1, -0.05) is 13.8 Å². The third-order valence-electron chi connectivity index (χ3n) is 2.79. The second-order valence-corrected chi connectivity index (χ2v) is 4.57. The largest absolute Gasteiger partial charge is 0.419 e. The lowest BCUT2D eigenvalue weighted by atomic mass is 10.1. The molecule has 0 saturated heterocycles. The molecule has 1 aromatic heterocycles. The smallest absolute Gasteiger partial charge is 0.408 e. The number of hydrogen-bond acceptors (Lipinski definition) is 4. The van der Waals surface area contributed by atoms with Crippen LogP contribution in [0.5, 0.6) is 0 Å². The Kier molecular flexibility index (Phi) is 3.34.